The normalized spacial score (nSPS) is 11.0. The highest BCUT2D eigenvalue weighted by Crippen LogP contribution is 2.37. The van der Waals surface area contributed by atoms with E-state index < -0.39 is 5.91 Å². The molecule has 0 aliphatic heterocycles. The Morgan fingerprint density at radius 2 is 2.14 bits per heavy atom. The standard InChI is InChI=1S/C14H15N5O2S/c1-6-9(21-3)5-22-14(6)19-11(15)10(12(16)20)8-4-17-7(2)18-13(8)19/h4-5H,15H2,1-3H3,(H2,16,20). The first-order chi connectivity index (χ1) is 10.5. The zero-order valence-corrected chi connectivity index (χ0v) is 13.2. The SMILES string of the molecule is COc1csc(-n2c(N)c(C(N)=O)c3cnc(C)nc32)c1C. The van der Waals surface area contributed by atoms with Crippen molar-refractivity contribution in [2.45, 2.75) is 13.8 Å². The van der Waals surface area contributed by atoms with Crippen LogP contribution in [0.15, 0.2) is 11.6 Å². The topological polar surface area (TPSA) is 109 Å². The molecule has 3 heterocycles. The van der Waals surface area contributed by atoms with E-state index in [1.165, 1.54) is 11.3 Å². The number of rotatable bonds is 3. The Morgan fingerprint density at radius 1 is 1.41 bits per heavy atom. The molecule has 0 aliphatic rings. The van der Waals surface area contributed by atoms with Crippen molar-refractivity contribution in [2.75, 3.05) is 12.8 Å². The Balaban J connectivity index is 2.42. The Bertz CT molecular complexity index is 896. The average Bonchev–Trinajstić information content (AvgIpc) is 2.95. The van der Waals surface area contributed by atoms with Gasteiger partial charge < -0.3 is 16.2 Å². The van der Waals surface area contributed by atoms with E-state index in [1.54, 1.807) is 24.8 Å². The van der Waals surface area contributed by atoms with E-state index in [0.717, 1.165) is 16.3 Å². The molecule has 0 saturated carbocycles. The maximum atomic E-state index is 11.8. The average molecular weight is 317 g/mol. The summed E-state index contributed by atoms with van der Waals surface area (Å²) in [6, 6.07) is 0. The predicted molar refractivity (Wildman–Crippen MR) is 85.7 cm³/mol. The molecule has 3 aromatic rings. The third kappa shape index (κ3) is 1.92. The Labute approximate surface area is 130 Å². The maximum Gasteiger partial charge on any atom is 0.253 e. The molecule has 1 amide bonds. The van der Waals surface area contributed by atoms with Gasteiger partial charge in [-0.15, -0.1) is 11.3 Å². The Morgan fingerprint density at radius 3 is 2.73 bits per heavy atom. The first-order valence-electron chi connectivity index (χ1n) is 6.51. The zero-order valence-electron chi connectivity index (χ0n) is 12.4. The summed E-state index contributed by atoms with van der Waals surface area (Å²) in [6.45, 7) is 3.70. The third-order valence-corrected chi connectivity index (χ3v) is 4.55. The van der Waals surface area contributed by atoms with Gasteiger partial charge in [0.25, 0.3) is 5.91 Å². The van der Waals surface area contributed by atoms with E-state index in [0.29, 0.717) is 16.9 Å². The molecule has 4 N–H and O–H groups in total. The lowest BCUT2D eigenvalue weighted by Gasteiger charge is -2.07. The van der Waals surface area contributed by atoms with Gasteiger partial charge in [-0.05, 0) is 13.8 Å². The molecule has 0 radical (unpaired) electrons. The van der Waals surface area contributed by atoms with Crippen LogP contribution in [-0.2, 0) is 0 Å². The molecule has 0 saturated heterocycles. The summed E-state index contributed by atoms with van der Waals surface area (Å²) in [6.07, 6.45) is 1.57. The van der Waals surface area contributed by atoms with Gasteiger partial charge in [0.05, 0.1) is 18.1 Å². The largest absolute Gasteiger partial charge is 0.496 e. The molecule has 0 aliphatic carbocycles. The van der Waals surface area contributed by atoms with E-state index >= 15 is 0 Å². The number of nitrogens with two attached hydrogens (primary N) is 2. The number of hydrogen-bond acceptors (Lipinski definition) is 6. The van der Waals surface area contributed by atoms with Gasteiger partial charge in [0, 0.05) is 17.1 Å². The Kier molecular flexibility index (Phi) is 3.25. The molecule has 3 aromatic heterocycles. The lowest BCUT2D eigenvalue weighted by molar-refractivity contribution is 0.100. The van der Waals surface area contributed by atoms with Gasteiger partial charge in [-0.2, -0.15) is 0 Å². The summed E-state index contributed by atoms with van der Waals surface area (Å²) in [7, 11) is 1.61. The van der Waals surface area contributed by atoms with Crippen molar-refractivity contribution in [1.82, 2.24) is 14.5 Å². The van der Waals surface area contributed by atoms with E-state index in [9.17, 15) is 4.79 Å². The summed E-state index contributed by atoms with van der Waals surface area (Å²) in [5.74, 6) is 1.00. The molecule has 114 valence electrons. The zero-order chi connectivity index (χ0) is 16.0. The van der Waals surface area contributed by atoms with Gasteiger partial charge in [-0.3, -0.25) is 9.36 Å². The number of ether oxygens (including phenoxy) is 1. The number of aromatic nitrogens is 3. The van der Waals surface area contributed by atoms with Gasteiger partial charge in [-0.1, -0.05) is 0 Å². The van der Waals surface area contributed by atoms with Crippen LogP contribution >= 0.6 is 11.3 Å². The Hall–Kier alpha value is -2.61. The number of nitrogens with zero attached hydrogens (tertiary/aromatic N) is 3. The van der Waals surface area contributed by atoms with Crippen molar-refractivity contribution in [1.29, 1.82) is 0 Å². The predicted octanol–water partition coefficient (Wildman–Crippen LogP) is 1.79. The van der Waals surface area contributed by atoms with Crippen molar-refractivity contribution in [3.05, 3.63) is 28.5 Å². The van der Waals surface area contributed by atoms with Crippen molar-refractivity contribution < 1.29 is 9.53 Å². The number of carbonyl (C=O) groups excluding carboxylic acids is 1. The van der Waals surface area contributed by atoms with E-state index in [4.69, 9.17) is 16.2 Å². The fraction of sp³-hybridized carbons (Fsp3) is 0.214. The summed E-state index contributed by atoms with van der Waals surface area (Å²) in [4.78, 5) is 20.3. The number of anilines is 1. The van der Waals surface area contributed by atoms with Crippen molar-refractivity contribution >= 4 is 34.1 Å². The van der Waals surface area contributed by atoms with Crippen LogP contribution in [0.25, 0.3) is 16.0 Å². The van der Waals surface area contributed by atoms with Gasteiger partial charge in [0.15, 0.2) is 5.65 Å². The molecule has 3 rings (SSSR count). The molecule has 8 heteroatoms. The van der Waals surface area contributed by atoms with Crippen molar-refractivity contribution in [3.63, 3.8) is 0 Å². The quantitative estimate of drug-likeness (QED) is 0.765. The summed E-state index contributed by atoms with van der Waals surface area (Å²) < 4.78 is 7.04. The lowest BCUT2D eigenvalue weighted by atomic mass is 10.2. The van der Waals surface area contributed by atoms with E-state index in [-0.39, 0.29) is 11.4 Å². The minimum Gasteiger partial charge on any atom is -0.496 e. The fourth-order valence-electron chi connectivity index (χ4n) is 2.45. The van der Waals surface area contributed by atoms with Crippen LogP contribution < -0.4 is 16.2 Å². The smallest absolute Gasteiger partial charge is 0.253 e. The second-order valence-corrected chi connectivity index (χ2v) is 5.71. The van der Waals surface area contributed by atoms with Gasteiger partial charge in [-0.25, -0.2) is 9.97 Å². The molecule has 0 unspecified atom stereocenters. The number of nitrogen functional groups attached to an aromatic ring is 1. The minimum atomic E-state index is -0.602. The highest BCUT2D eigenvalue weighted by Gasteiger charge is 2.24. The van der Waals surface area contributed by atoms with Gasteiger partial charge >= 0.3 is 0 Å². The van der Waals surface area contributed by atoms with Crippen LogP contribution in [0.3, 0.4) is 0 Å². The number of primary amides is 1. The number of aryl methyl sites for hydroxylation is 1. The molecule has 0 spiro atoms. The summed E-state index contributed by atoms with van der Waals surface area (Å²) >= 11 is 1.46. The summed E-state index contributed by atoms with van der Waals surface area (Å²) in [5, 5.41) is 3.26. The lowest BCUT2D eigenvalue weighted by Crippen LogP contribution is -2.13. The molecule has 22 heavy (non-hydrogen) atoms. The summed E-state index contributed by atoms with van der Waals surface area (Å²) in [5.41, 5.74) is 13.4. The number of carbonyl (C=O) groups is 1. The first-order valence-corrected chi connectivity index (χ1v) is 7.39. The highest BCUT2D eigenvalue weighted by atomic mass is 32.1. The van der Waals surface area contributed by atoms with E-state index in [1.807, 2.05) is 12.3 Å². The van der Waals surface area contributed by atoms with Gasteiger partial charge in [0.2, 0.25) is 0 Å². The van der Waals surface area contributed by atoms with Crippen LogP contribution in [-0.4, -0.2) is 27.6 Å². The van der Waals surface area contributed by atoms with Crippen molar-refractivity contribution in [2.24, 2.45) is 5.73 Å². The molecular weight excluding hydrogens is 302 g/mol. The maximum absolute atomic E-state index is 11.8. The fourth-order valence-corrected chi connectivity index (χ4v) is 3.51. The molecule has 7 nitrogen and oxygen atoms in total. The number of methoxy groups -OCH3 is 1. The van der Waals surface area contributed by atoms with Crippen LogP contribution in [0, 0.1) is 13.8 Å². The van der Waals surface area contributed by atoms with Crippen LogP contribution in [0.5, 0.6) is 5.75 Å². The number of fused-ring (bicyclic) bond motifs is 1. The molecule has 0 atom stereocenters. The second kappa shape index (κ2) is 4.99. The molecule has 0 fully saturated rings. The molecular formula is C14H15N5O2S. The third-order valence-electron chi connectivity index (χ3n) is 3.50. The van der Waals surface area contributed by atoms with Crippen LogP contribution in [0.2, 0.25) is 0 Å². The molecule has 0 bridgehead atoms. The van der Waals surface area contributed by atoms with Crippen molar-refractivity contribution in [3.8, 4) is 10.8 Å². The number of hydrogen-bond donors (Lipinski definition) is 2. The first kappa shape index (κ1) is 14.3. The number of amides is 1. The minimum absolute atomic E-state index is 0.238. The second-order valence-electron chi connectivity index (χ2n) is 4.85. The molecule has 0 aromatic carbocycles. The van der Waals surface area contributed by atoms with Crippen LogP contribution in [0.4, 0.5) is 5.82 Å². The highest BCUT2D eigenvalue weighted by molar-refractivity contribution is 7.13. The monoisotopic (exact) mass is 317 g/mol. The van der Waals surface area contributed by atoms with Gasteiger partial charge in [0.1, 0.15) is 22.4 Å². The number of thiophene rings is 1. The van der Waals surface area contributed by atoms with Crippen LogP contribution in [0.1, 0.15) is 21.7 Å². The van der Waals surface area contributed by atoms with E-state index in [2.05, 4.69) is 9.97 Å².